The molecule has 0 spiro atoms. The van der Waals surface area contributed by atoms with Crippen molar-refractivity contribution in [2.24, 2.45) is 0 Å². The number of esters is 2. The molecule has 22 heteroatoms. The molecule has 0 aliphatic rings. The lowest BCUT2D eigenvalue weighted by Crippen LogP contribution is -2.19. The van der Waals surface area contributed by atoms with Crippen LogP contribution < -0.4 is 18.9 Å². The molecule has 0 bridgehead atoms. The van der Waals surface area contributed by atoms with Gasteiger partial charge in [0.1, 0.15) is 36.1 Å². The summed E-state index contributed by atoms with van der Waals surface area (Å²) in [6.45, 7) is 34.1. The maximum atomic E-state index is 11.8. The van der Waals surface area contributed by atoms with Gasteiger partial charge in [0, 0.05) is 108 Å². The SMILES string of the molecule is CCCCN(C)Cc1cn(CC(=O)OC)nc1-c1ccc(OC(C)C)cc1.CCCCN(C)Cc1cn(Cc2ccccn2)nc1-c1ccc(OC(C)C)cc1.CCCCN(C)Cc1cn(Cc2cccnc2)nc1-c1ccc(OC(C)C)cc1.CCCCN(C)Cc1cnn(CC(=O)OC)c1-c1ccc(OC(C)C)cc1. The highest BCUT2D eigenvalue weighted by Crippen LogP contribution is 2.32. The Hall–Kier alpha value is -10.0. The topological polar surface area (TPSA) is 200 Å². The number of methoxy groups -OCH3 is 2. The van der Waals surface area contributed by atoms with Crippen LogP contribution in [0.4, 0.5) is 0 Å². The number of unbranched alkanes of at least 4 members (excludes halogenated alkanes) is 4. The Morgan fingerprint density at radius 2 is 0.768 bits per heavy atom. The first-order valence-corrected chi connectivity index (χ1v) is 39.9. The van der Waals surface area contributed by atoms with Crippen LogP contribution in [0.1, 0.15) is 168 Å². The zero-order valence-corrected chi connectivity index (χ0v) is 70.1. The van der Waals surface area contributed by atoms with Gasteiger partial charge in [-0.3, -0.25) is 38.3 Å². The van der Waals surface area contributed by atoms with Gasteiger partial charge < -0.3 is 48.0 Å². The molecule has 0 saturated heterocycles. The number of rotatable bonds is 40. The van der Waals surface area contributed by atoms with E-state index < -0.39 is 0 Å². The van der Waals surface area contributed by atoms with E-state index in [1.54, 1.807) is 15.6 Å². The average molecular weight is 1530 g/mol. The van der Waals surface area contributed by atoms with E-state index in [-0.39, 0.29) is 49.4 Å². The average Bonchev–Trinajstić information content (AvgIpc) is 1.66. The number of carbonyl (C=O) groups excluding carboxylic acids is 2. The number of benzene rings is 4. The van der Waals surface area contributed by atoms with Gasteiger partial charge in [0.2, 0.25) is 0 Å². The Morgan fingerprint density at radius 3 is 1.12 bits per heavy atom. The second-order valence-electron chi connectivity index (χ2n) is 29.7. The smallest absolute Gasteiger partial charge is 0.327 e. The molecule has 0 fully saturated rings. The first-order chi connectivity index (χ1) is 54.0. The summed E-state index contributed by atoms with van der Waals surface area (Å²) in [6, 6.07) is 42.4. The first-order valence-electron chi connectivity index (χ1n) is 39.9. The molecule has 6 aromatic heterocycles. The Morgan fingerprint density at radius 1 is 0.402 bits per heavy atom. The van der Waals surface area contributed by atoms with Gasteiger partial charge in [-0.2, -0.15) is 20.4 Å². The monoisotopic (exact) mass is 1530 g/mol. The van der Waals surface area contributed by atoms with Crippen LogP contribution in [0.25, 0.3) is 45.0 Å². The zero-order valence-electron chi connectivity index (χ0n) is 70.1. The molecule has 0 unspecified atom stereocenters. The van der Waals surface area contributed by atoms with Crippen molar-refractivity contribution in [2.75, 3.05) is 68.6 Å². The summed E-state index contributed by atoms with van der Waals surface area (Å²) in [5.74, 6) is 2.82. The highest BCUT2D eigenvalue weighted by molar-refractivity contribution is 5.72. The predicted molar refractivity (Wildman–Crippen MR) is 449 cm³/mol. The van der Waals surface area contributed by atoms with Crippen LogP contribution >= 0.6 is 0 Å². The maximum absolute atomic E-state index is 11.8. The third-order valence-corrected chi connectivity index (χ3v) is 17.9. The van der Waals surface area contributed by atoms with Gasteiger partial charge in [-0.25, -0.2) is 0 Å². The molecule has 0 atom stereocenters. The lowest BCUT2D eigenvalue weighted by molar-refractivity contribution is -0.142. The summed E-state index contributed by atoms with van der Waals surface area (Å²) in [5.41, 5.74) is 14.9. The van der Waals surface area contributed by atoms with E-state index in [9.17, 15) is 9.59 Å². The van der Waals surface area contributed by atoms with Crippen LogP contribution in [0.15, 0.2) is 171 Å². The summed E-state index contributed by atoms with van der Waals surface area (Å²) < 4.78 is 40.0. The zero-order chi connectivity index (χ0) is 80.9. The third kappa shape index (κ3) is 30.6. The van der Waals surface area contributed by atoms with Gasteiger partial charge in [-0.15, -0.1) is 0 Å². The number of pyridine rings is 2. The number of aromatic nitrogens is 10. The number of ether oxygens (including phenoxy) is 6. The fraction of sp³-hybridized carbons (Fsp3) is 0.467. The van der Waals surface area contributed by atoms with Crippen LogP contribution in [0.3, 0.4) is 0 Å². The molecule has 0 amide bonds. The van der Waals surface area contributed by atoms with Crippen molar-refractivity contribution in [3.8, 4) is 68.0 Å². The fourth-order valence-electron chi connectivity index (χ4n) is 12.5. The van der Waals surface area contributed by atoms with E-state index in [1.807, 2.05) is 187 Å². The van der Waals surface area contributed by atoms with Gasteiger partial charge in [0.05, 0.1) is 86.4 Å². The van der Waals surface area contributed by atoms with Gasteiger partial charge in [0.25, 0.3) is 0 Å². The third-order valence-electron chi connectivity index (χ3n) is 17.9. The normalized spacial score (nSPS) is 11.3. The van der Waals surface area contributed by atoms with E-state index in [1.165, 1.54) is 51.0 Å². The van der Waals surface area contributed by atoms with Gasteiger partial charge >= 0.3 is 11.9 Å². The molecule has 22 nitrogen and oxygen atoms in total. The van der Waals surface area contributed by atoms with Crippen molar-refractivity contribution in [3.05, 3.63) is 204 Å². The molecule has 0 aliphatic carbocycles. The maximum Gasteiger partial charge on any atom is 0.327 e. The van der Waals surface area contributed by atoms with Crippen LogP contribution in [0, 0.1) is 0 Å². The molecule has 10 aromatic rings. The van der Waals surface area contributed by atoms with Crippen molar-refractivity contribution in [1.82, 2.24) is 68.7 Å². The van der Waals surface area contributed by atoms with Crippen molar-refractivity contribution in [2.45, 2.75) is 211 Å². The summed E-state index contributed by atoms with van der Waals surface area (Å²) in [6.07, 6.45) is 23.7. The second-order valence-corrected chi connectivity index (χ2v) is 29.7. The molecule has 0 radical (unpaired) electrons. The van der Waals surface area contributed by atoms with E-state index in [0.717, 1.165) is 168 Å². The molecule has 0 N–H and O–H groups in total. The number of carbonyl (C=O) groups is 2. The van der Waals surface area contributed by atoms with E-state index in [2.05, 4.69) is 138 Å². The minimum absolute atomic E-state index is 0.0920. The molecule has 10 rings (SSSR count). The fourth-order valence-corrected chi connectivity index (χ4v) is 12.5. The minimum Gasteiger partial charge on any atom is -0.491 e. The molecule has 0 aliphatic heterocycles. The van der Waals surface area contributed by atoms with Gasteiger partial charge in [-0.1, -0.05) is 65.5 Å². The van der Waals surface area contributed by atoms with E-state index in [0.29, 0.717) is 13.1 Å². The highest BCUT2D eigenvalue weighted by atomic mass is 16.5. The summed E-state index contributed by atoms with van der Waals surface area (Å²) in [5, 5.41) is 18.9. The summed E-state index contributed by atoms with van der Waals surface area (Å²) in [7, 11) is 11.3. The quantitative estimate of drug-likeness (QED) is 0.0328. The lowest BCUT2D eigenvalue weighted by Gasteiger charge is -2.17. The Kier molecular flexibility index (Phi) is 37.7. The number of hydrogen-bond acceptors (Lipinski definition) is 18. The first kappa shape index (κ1) is 89.2. The van der Waals surface area contributed by atoms with Crippen molar-refractivity contribution in [1.29, 1.82) is 0 Å². The van der Waals surface area contributed by atoms with E-state index in [4.69, 9.17) is 38.6 Å². The van der Waals surface area contributed by atoms with Crippen molar-refractivity contribution < 1.29 is 38.0 Å². The molecular weight excluding hydrogens is 1410 g/mol. The highest BCUT2D eigenvalue weighted by Gasteiger charge is 2.21. The van der Waals surface area contributed by atoms with Crippen molar-refractivity contribution in [3.63, 3.8) is 0 Å². The van der Waals surface area contributed by atoms with Gasteiger partial charge in [-0.05, 0) is 256 Å². The molecule has 4 aromatic carbocycles. The van der Waals surface area contributed by atoms with Crippen molar-refractivity contribution >= 4 is 11.9 Å². The lowest BCUT2D eigenvalue weighted by atomic mass is 10.1. The van der Waals surface area contributed by atoms with E-state index >= 15 is 0 Å². The standard InChI is InChI=1S/2C24H32N4O.2C21H31N3O3/c1-5-6-14-27(4)17-22-18-28(16-20-8-7-13-25-15-20)26-24(22)21-9-11-23(12-10-21)29-19(2)3;1-5-6-15-27(4)16-21-17-28(18-22-9-7-8-14-25-22)26-24(21)20-10-12-23(13-11-20)29-19(2)3;1-6-7-12-23(4)13-18-14-24(15-20(25)26-5)22-21(18)17-8-10-19(11-9-17)27-16(2)3;1-6-7-12-23(4)14-18-13-22-24(15-20(25)26-5)21(18)17-8-10-19(11-9-17)27-16(2)3/h7-13,15,18-19H,5-6,14,16-17H2,1-4H3;7-14,17,19H,5-6,15-16,18H2,1-4H3;8-11,14,16H,6-7,12-13,15H2,1-5H3;8-11,13,16H,6-7,12,14-15H2,1-5H3. The molecular formula is C90H126N14O8. The summed E-state index contributed by atoms with van der Waals surface area (Å²) >= 11 is 0. The van der Waals surface area contributed by atoms with Crippen LogP contribution in [-0.4, -0.2) is 174 Å². The minimum atomic E-state index is -0.315. The molecule has 0 saturated carbocycles. The Bertz CT molecular complexity index is 4120. The molecule has 6 heterocycles. The summed E-state index contributed by atoms with van der Waals surface area (Å²) in [4.78, 5) is 41.4. The molecule has 604 valence electrons. The predicted octanol–water partition coefficient (Wildman–Crippen LogP) is 17.5. The Balaban J connectivity index is 0.000000207. The Labute approximate surface area is 667 Å². The number of hydrogen-bond donors (Lipinski definition) is 0. The van der Waals surface area contributed by atoms with Crippen LogP contribution in [0.5, 0.6) is 23.0 Å². The largest absolute Gasteiger partial charge is 0.491 e. The van der Waals surface area contributed by atoms with Crippen LogP contribution in [-0.2, 0) is 71.4 Å². The van der Waals surface area contributed by atoms with Gasteiger partial charge in [0.15, 0.2) is 0 Å². The molecule has 112 heavy (non-hydrogen) atoms. The number of nitrogens with zero attached hydrogens (tertiary/aromatic N) is 14. The second kappa shape index (κ2) is 47.4. The van der Waals surface area contributed by atoms with Crippen LogP contribution in [0.2, 0.25) is 0 Å².